The molecule has 0 radical (unpaired) electrons. The van der Waals surface area contributed by atoms with Crippen LogP contribution in [0.25, 0.3) is 10.2 Å². The first-order chi connectivity index (χ1) is 15.2. The van der Waals surface area contributed by atoms with Gasteiger partial charge in [-0.05, 0) is 48.6 Å². The molecular formula is C23H24N4O2S2. The van der Waals surface area contributed by atoms with E-state index < -0.39 is 0 Å². The van der Waals surface area contributed by atoms with Crippen LogP contribution < -0.4 is 9.64 Å². The Labute approximate surface area is 189 Å². The smallest absolute Gasteiger partial charge is 0.228 e. The fourth-order valence-corrected chi connectivity index (χ4v) is 5.07. The molecule has 0 saturated carbocycles. The number of nitrogens with zero attached hydrogens (tertiary/aromatic N) is 4. The van der Waals surface area contributed by atoms with Crippen molar-refractivity contribution < 1.29 is 9.53 Å². The molecule has 0 aliphatic heterocycles. The van der Waals surface area contributed by atoms with E-state index in [4.69, 9.17) is 9.72 Å². The normalized spacial score (nSPS) is 11.0. The highest BCUT2D eigenvalue weighted by atomic mass is 32.2. The lowest BCUT2D eigenvalue weighted by Gasteiger charge is -2.20. The molecule has 0 fully saturated rings. The molecule has 0 atom stereocenters. The van der Waals surface area contributed by atoms with Crippen molar-refractivity contribution in [2.24, 2.45) is 0 Å². The average molecular weight is 453 g/mol. The van der Waals surface area contributed by atoms with Gasteiger partial charge in [0.05, 0.1) is 23.9 Å². The molecule has 1 amide bonds. The molecule has 0 aliphatic carbocycles. The van der Waals surface area contributed by atoms with Crippen molar-refractivity contribution in [3.05, 3.63) is 67.0 Å². The Morgan fingerprint density at radius 2 is 2.06 bits per heavy atom. The van der Waals surface area contributed by atoms with Gasteiger partial charge in [0.25, 0.3) is 0 Å². The van der Waals surface area contributed by atoms with E-state index in [0.717, 1.165) is 33.3 Å². The van der Waals surface area contributed by atoms with Crippen molar-refractivity contribution in [2.45, 2.75) is 24.3 Å². The molecular weight excluding hydrogens is 428 g/mol. The lowest BCUT2D eigenvalue weighted by Crippen LogP contribution is -2.34. The number of amides is 1. The van der Waals surface area contributed by atoms with E-state index in [0.29, 0.717) is 19.5 Å². The number of methoxy groups -OCH3 is 1. The lowest BCUT2D eigenvalue weighted by molar-refractivity contribution is -0.118. The monoisotopic (exact) mass is 452 g/mol. The van der Waals surface area contributed by atoms with Gasteiger partial charge < -0.3 is 4.74 Å². The van der Waals surface area contributed by atoms with Crippen LogP contribution in [0.2, 0.25) is 0 Å². The molecule has 0 aliphatic rings. The number of ether oxygens (including phenoxy) is 1. The number of carbonyl (C=O) groups is 1. The van der Waals surface area contributed by atoms with E-state index in [-0.39, 0.29) is 5.91 Å². The highest BCUT2D eigenvalue weighted by Crippen LogP contribution is 2.32. The Kier molecular flexibility index (Phi) is 7.22. The highest BCUT2D eigenvalue weighted by molar-refractivity contribution is 7.99. The Balaban J connectivity index is 1.44. The summed E-state index contributed by atoms with van der Waals surface area (Å²) in [7, 11) is 1.65. The quantitative estimate of drug-likeness (QED) is 0.247. The largest absolute Gasteiger partial charge is 0.497 e. The fourth-order valence-electron chi connectivity index (χ4n) is 3.16. The number of hydrogen-bond acceptors (Lipinski definition) is 6. The van der Waals surface area contributed by atoms with Gasteiger partial charge in [0.15, 0.2) is 5.13 Å². The molecule has 2 aromatic carbocycles. The first-order valence-corrected chi connectivity index (χ1v) is 11.9. The van der Waals surface area contributed by atoms with Crippen LogP contribution >= 0.6 is 23.1 Å². The summed E-state index contributed by atoms with van der Waals surface area (Å²) in [6.07, 6.45) is 4.95. The number of carbonyl (C=O) groups excluding carboxylic acids is 1. The molecule has 4 rings (SSSR count). The number of benzene rings is 2. The molecule has 31 heavy (non-hydrogen) atoms. The SMILES string of the molecule is COc1ccc2nc(N(CCn3cccn3)C(=O)CCCSc3ccccc3)sc2c1. The topological polar surface area (TPSA) is 60.2 Å². The molecule has 0 N–H and O–H groups in total. The zero-order chi connectivity index (χ0) is 21.5. The van der Waals surface area contributed by atoms with Gasteiger partial charge in [0.1, 0.15) is 5.75 Å². The van der Waals surface area contributed by atoms with Crippen LogP contribution in [0.5, 0.6) is 5.75 Å². The second-order valence-corrected chi connectivity index (χ2v) is 9.09. The second-order valence-electron chi connectivity index (χ2n) is 6.91. The molecule has 6 nitrogen and oxygen atoms in total. The summed E-state index contributed by atoms with van der Waals surface area (Å²) in [6, 6.07) is 17.9. The zero-order valence-corrected chi connectivity index (χ0v) is 18.9. The van der Waals surface area contributed by atoms with E-state index in [2.05, 4.69) is 17.2 Å². The molecule has 0 unspecified atom stereocenters. The van der Waals surface area contributed by atoms with Crippen molar-refractivity contribution in [1.29, 1.82) is 0 Å². The average Bonchev–Trinajstić information content (AvgIpc) is 3.47. The van der Waals surface area contributed by atoms with Crippen molar-refractivity contribution in [3.63, 3.8) is 0 Å². The number of thiazole rings is 1. The third kappa shape index (κ3) is 5.65. The minimum Gasteiger partial charge on any atom is -0.497 e. The molecule has 0 spiro atoms. The van der Waals surface area contributed by atoms with Crippen molar-refractivity contribution in [1.82, 2.24) is 14.8 Å². The molecule has 2 heterocycles. The zero-order valence-electron chi connectivity index (χ0n) is 17.3. The maximum atomic E-state index is 13.1. The van der Waals surface area contributed by atoms with E-state index in [1.165, 1.54) is 16.2 Å². The Bertz CT molecular complexity index is 1110. The van der Waals surface area contributed by atoms with Gasteiger partial charge >= 0.3 is 0 Å². The van der Waals surface area contributed by atoms with Crippen molar-refractivity contribution in [2.75, 3.05) is 24.3 Å². The third-order valence-electron chi connectivity index (χ3n) is 4.78. The van der Waals surface area contributed by atoms with E-state index in [9.17, 15) is 4.79 Å². The Morgan fingerprint density at radius 1 is 1.19 bits per heavy atom. The maximum Gasteiger partial charge on any atom is 0.228 e. The van der Waals surface area contributed by atoms with Gasteiger partial charge in [0.2, 0.25) is 5.91 Å². The summed E-state index contributed by atoms with van der Waals surface area (Å²) in [4.78, 5) is 20.9. The fraction of sp³-hybridized carbons (Fsp3) is 0.261. The summed E-state index contributed by atoms with van der Waals surface area (Å²) in [5.74, 6) is 1.78. The van der Waals surface area contributed by atoms with Crippen LogP contribution in [0.15, 0.2) is 71.9 Å². The molecule has 2 aromatic heterocycles. The Hall–Kier alpha value is -2.84. The number of fused-ring (bicyclic) bond motifs is 1. The summed E-state index contributed by atoms with van der Waals surface area (Å²) < 4.78 is 8.16. The van der Waals surface area contributed by atoms with Crippen LogP contribution in [0.3, 0.4) is 0 Å². The highest BCUT2D eigenvalue weighted by Gasteiger charge is 2.20. The molecule has 4 aromatic rings. The van der Waals surface area contributed by atoms with Gasteiger partial charge in [-0.25, -0.2) is 4.98 Å². The van der Waals surface area contributed by atoms with Gasteiger partial charge in [-0.15, -0.1) is 11.8 Å². The van der Waals surface area contributed by atoms with Crippen LogP contribution in [-0.2, 0) is 11.3 Å². The van der Waals surface area contributed by atoms with Gasteiger partial charge in [0, 0.05) is 30.3 Å². The predicted octanol–water partition coefficient (Wildman–Crippen LogP) is 5.11. The summed E-state index contributed by atoms with van der Waals surface area (Å²) in [5, 5.41) is 4.98. The number of thioether (sulfide) groups is 1. The van der Waals surface area contributed by atoms with Crippen LogP contribution in [0.1, 0.15) is 12.8 Å². The summed E-state index contributed by atoms with van der Waals surface area (Å²) >= 11 is 3.29. The number of aromatic nitrogens is 3. The van der Waals surface area contributed by atoms with Crippen molar-refractivity contribution in [3.8, 4) is 5.75 Å². The first-order valence-electron chi connectivity index (χ1n) is 10.1. The lowest BCUT2D eigenvalue weighted by atomic mass is 10.3. The third-order valence-corrected chi connectivity index (χ3v) is 6.91. The van der Waals surface area contributed by atoms with Gasteiger partial charge in [-0.2, -0.15) is 5.10 Å². The number of rotatable bonds is 10. The van der Waals surface area contributed by atoms with Crippen LogP contribution in [0.4, 0.5) is 5.13 Å². The van der Waals surface area contributed by atoms with Crippen LogP contribution in [-0.4, -0.2) is 40.1 Å². The molecule has 160 valence electrons. The minimum absolute atomic E-state index is 0.0897. The minimum atomic E-state index is 0.0897. The number of anilines is 1. The summed E-state index contributed by atoms with van der Waals surface area (Å²) in [6.45, 7) is 1.15. The van der Waals surface area contributed by atoms with E-state index in [1.807, 2.05) is 53.3 Å². The van der Waals surface area contributed by atoms with Gasteiger partial charge in [-0.3, -0.25) is 14.4 Å². The maximum absolute atomic E-state index is 13.1. The second kappa shape index (κ2) is 10.5. The number of hydrogen-bond donors (Lipinski definition) is 0. The van der Waals surface area contributed by atoms with E-state index >= 15 is 0 Å². The van der Waals surface area contributed by atoms with Crippen molar-refractivity contribution >= 4 is 44.4 Å². The molecule has 8 heteroatoms. The predicted molar refractivity (Wildman–Crippen MR) is 127 cm³/mol. The van der Waals surface area contributed by atoms with E-state index in [1.54, 1.807) is 30.0 Å². The molecule has 0 bridgehead atoms. The molecule has 0 saturated heterocycles. The van der Waals surface area contributed by atoms with Gasteiger partial charge in [-0.1, -0.05) is 29.5 Å². The van der Waals surface area contributed by atoms with Crippen LogP contribution in [0, 0.1) is 0 Å². The Morgan fingerprint density at radius 3 is 2.84 bits per heavy atom. The first kappa shape index (κ1) is 21.4. The standard InChI is InChI=1S/C23H24N4O2S2/c1-29-18-10-11-20-21(17-18)31-23(25-20)27(15-14-26-13-6-12-24-26)22(28)9-5-16-30-19-7-3-2-4-8-19/h2-4,6-8,10-13,17H,5,9,14-16H2,1H3. The summed E-state index contributed by atoms with van der Waals surface area (Å²) in [5.41, 5.74) is 0.873.